The number of aromatic nitrogens is 2. The predicted molar refractivity (Wildman–Crippen MR) is 160 cm³/mol. The van der Waals surface area contributed by atoms with Gasteiger partial charge in [-0.05, 0) is 73.9 Å². The van der Waals surface area contributed by atoms with Crippen molar-refractivity contribution in [1.29, 1.82) is 0 Å². The summed E-state index contributed by atoms with van der Waals surface area (Å²) in [4.78, 5) is 12.8. The Bertz CT molecular complexity index is 1390. The van der Waals surface area contributed by atoms with Crippen LogP contribution in [0.15, 0.2) is 72.8 Å². The van der Waals surface area contributed by atoms with Crippen LogP contribution in [0.25, 0.3) is 11.4 Å². The molecular formula is C35H41N3O. The van der Waals surface area contributed by atoms with Crippen LogP contribution in [-0.4, -0.2) is 27.0 Å². The van der Waals surface area contributed by atoms with Crippen LogP contribution in [0.5, 0.6) is 0 Å². The zero-order valence-corrected chi connectivity index (χ0v) is 23.8. The van der Waals surface area contributed by atoms with Gasteiger partial charge in [-0.15, -0.1) is 0 Å². The second kappa shape index (κ2) is 12.2. The summed E-state index contributed by atoms with van der Waals surface area (Å²) in [5.41, 5.74) is 10.6. The average molecular weight is 520 g/mol. The molecule has 0 bridgehead atoms. The first kappa shape index (κ1) is 27.2. The summed E-state index contributed by atoms with van der Waals surface area (Å²) < 4.78 is 0. The van der Waals surface area contributed by atoms with Crippen LogP contribution in [0.4, 0.5) is 0 Å². The van der Waals surface area contributed by atoms with E-state index in [1.165, 1.54) is 28.7 Å². The molecular weight excluding hydrogens is 478 g/mol. The van der Waals surface area contributed by atoms with Crippen LogP contribution < -0.4 is 0 Å². The van der Waals surface area contributed by atoms with E-state index in [0.717, 1.165) is 66.1 Å². The summed E-state index contributed by atoms with van der Waals surface area (Å²) in [6.07, 6.45) is 5.20. The van der Waals surface area contributed by atoms with Gasteiger partial charge in [-0.3, -0.25) is 4.90 Å². The maximum atomic E-state index is 11.3. The van der Waals surface area contributed by atoms with Gasteiger partial charge in [0.05, 0.1) is 11.8 Å². The fraction of sp³-hybridized carbons (Fsp3) is 0.371. The van der Waals surface area contributed by atoms with Crippen LogP contribution in [0.3, 0.4) is 0 Å². The van der Waals surface area contributed by atoms with Crippen molar-refractivity contribution in [3.05, 3.63) is 118 Å². The number of nitrogens with zero attached hydrogens (tertiary/aromatic N) is 3. The maximum absolute atomic E-state index is 11.3. The summed E-state index contributed by atoms with van der Waals surface area (Å²) in [6, 6.07) is 25.7. The average Bonchev–Trinajstić information content (AvgIpc) is 2.98. The summed E-state index contributed by atoms with van der Waals surface area (Å²) in [5.74, 6) is 0.784. The predicted octanol–water partition coefficient (Wildman–Crippen LogP) is 7.36. The maximum Gasteiger partial charge on any atom is 0.160 e. The van der Waals surface area contributed by atoms with Gasteiger partial charge in [0.1, 0.15) is 0 Å². The minimum atomic E-state index is -0.625. The monoisotopic (exact) mass is 519 g/mol. The highest BCUT2D eigenvalue weighted by atomic mass is 16.3. The minimum Gasteiger partial charge on any atom is -0.388 e. The third-order valence-corrected chi connectivity index (χ3v) is 8.37. The number of aryl methyl sites for hydroxylation is 4. The first-order valence-corrected chi connectivity index (χ1v) is 14.5. The van der Waals surface area contributed by atoms with Gasteiger partial charge in [0.15, 0.2) is 5.82 Å². The van der Waals surface area contributed by atoms with Crippen LogP contribution in [0.1, 0.15) is 83.6 Å². The molecule has 1 aromatic heterocycles. The molecule has 0 saturated heterocycles. The van der Waals surface area contributed by atoms with E-state index in [0.29, 0.717) is 12.5 Å². The lowest BCUT2D eigenvalue weighted by molar-refractivity contribution is 0.175. The summed E-state index contributed by atoms with van der Waals surface area (Å²) in [6.45, 7) is 7.24. The molecule has 1 N–H and O–H groups in total. The molecule has 3 aromatic carbocycles. The van der Waals surface area contributed by atoms with E-state index in [1.54, 1.807) is 0 Å². The molecule has 4 heteroatoms. The summed E-state index contributed by atoms with van der Waals surface area (Å²) >= 11 is 0. The molecule has 39 heavy (non-hydrogen) atoms. The van der Waals surface area contributed by atoms with E-state index in [2.05, 4.69) is 75.2 Å². The Morgan fingerprint density at radius 1 is 0.897 bits per heavy atom. The van der Waals surface area contributed by atoms with E-state index < -0.39 is 6.10 Å². The highest BCUT2D eigenvalue weighted by Gasteiger charge is 2.26. The third-order valence-electron chi connectivity index (χ3n) is 8.37. The first-order chi connectivity index (χ1) is 19.0. The Kier molecular flexibility index (Phi) is 8.54. The Morgan fingerprint density at radius 2 is 1.59 bits per heavy atom. The second-order valence-corrected chi connectivity index (χ2v) is 10.9. The van der Waals surface area contributed by atoms with Crippen LogP contribution in [0.2, 0.25) is 0 Å². The highest BCUT2D eigenvalue weighted by molar-refractivity contribution is 5.66. The quantitative estimate of drug-likeness (QED) is 0.251. The molecule has 1 aliphatic carbocycles. The molecule has 1 aliphatic rings. The number of aliphatic hydroxyl groups is 1. The first-order valence-electron chi connectivity index (χ1n) is 14.5. The largest absolute Gasteiger partial charge is 0.388 e. The van der Waals surface area contributed by atoms with Crippen molar-refractivity contribution in [2.75, 3.05) is 7.05 Å². The van der Waals surface area contributed by atoms with Crippen LogP contribution in [-0.2, 0) is 32.2 Å². The molecule has 4 aromatic rings. The Morgan fingerprint density at radius 3 is 2.31 bits per heavy atom. The minimum absolute atomic E-state index is 0.369. The normalized spacial score (nSPS) is 15.8. The Balaban J connectivity index is 1.56. The van der Waals surface area contributed by atoms with Crippen LogP contribution in [0, 0.1) is 6.92 Å². The molecule has 0 amide bonds. The lowest BCUT2D eigenvalue weighted by Crippen LogP contribution is -2.28. The Hall–Kier alpha value is -3.34. The van der Waals surface area contributed by atoms with E-state index in [1.807, 2.05) is 30.3 Å². The number of hydrogen-bond donors (Lipinski definition) is 1. The molecule has 5 rings (SSSR count). The molecule has 4 nitrogen and oxygen atoms in total. The highest BCUT2D eigenvalue weighted by Crippen LogP contribution is 2.36. The standard InChI is InChI=1S/C35H41N3O/c1-5-25-17-12-18-26(6-2)34(25)35-36-24(3)30(31(37-35)22-33(39)28-15-8-7-9-16-28)23-38(4)32-21-13-19-27-14-10-11-20-29(27)32/h7-12,14-18,20,32-33,39H,5-6,13,19,21-23H2,1-4H3/t32-,33?/m0/s1. The van der Waals surface area contributed by atoms with Crippen molar-refractivity contribution < 1.29 is 5.11 Å². The van der Waals surface area contributed by atoms with Gasteiger partial charge in [-0.25, -0.2) is 9.97 Å². The molecule has 0 saturated carbocycles. The lowest BCUT2D eigenvalue weighted by atomic mass is 9.86. The fourth-order valence-electron chi connectivity index (χ4n) is 6.19. The van der Waals surface area contributed by atoms with Gasteiger partial charge in [-0.2, -0.15) is 0 Å². The topological polar surface area (TPSA) is 49.2 Å². The molecule has 0 aliphatic heterocycles. The zero-order chi connectivity index (χ0) is 27.4. The molecule has 0 spiro atoms. The molecule has 2 atom stereocenters. The van der Waals surface area contributed by atoms with E-state index >= 15 is 0 Å². The molecule has 1 unspecified atom stereocenters. The lowest BCUT2D eigenvalue weighted by Gasteiger charge is -2.34. The number of fused-ring (bicyclic) bond motifs is 1. The number of hydrogen-bond acceptors (Lipinski definition) is 4. The van der Waals surface area contributed by atoms with E-state index in [-0.39, 0.29) is 0 Å². The summed E-state index contributed by atoms with van der Waals surface area (Å²) in [7, 11) is 2.22. The van der Waals surface area contributed by atoms with Crippen molar-refractivity contribution in [3.63, 3.8) is 0 Å². The fourth-order valence-corrected chi connectivity index (χ4v) is 6.19. The van der Waals surface area contributed by atoms with Crippen molar-refractivity contribution in [2.45, 2.75) is 78.0 Å². The van der Waals surface area contributed by atoms with Crippen molar-refractivity contribution in [1.82, 2.24) is 14.9 Å². The zero-order valence-electron chi connectivity index (χ0n) is 23.8. The van der Waals surface area contributed by atoms with Gasteiger partial charge in [-0.1, -0.05) is 86.6 Å². The number of benzene rings is 3. The SMILES string of the molecule is CCc1cccc(CC)c1-c1nc(C)c(CN(C)[C@H]2CCCc3ccccc32)c(CC(O)c2ccccc2)n1. The summed E-state index contributed by atoms with van der Waals surface area (Å²) in [5, 5.41) is 11.3. The molecule has 202 valence electrons. The smallest absolute Gasteiger partial charge is 0.160 e. The number of aliphatic hydroxyl groups excluding tert-OH is 1. The van der Waals surface area contributed by atoms with E-state index in [9.17, 15) is 5.11 Å². The number of rotatable bonds is 9. The van der Waals surface area contributed by atoms with Gasteiger partial charge < -0.3 is 5.11 Å². The van der Waals surface area contributed by atoms with E-state index in [4.69, 9.17) is 9.97 Å². The van der Waals surface area contributed by atoms with Crippen molar-refractivity contribution in [2.24, 2.45) is 0 Å². The Labute approximate surface area is 233 Å². The van der Waals surface area contributed by atoms with Crippen molar-refractivity contribution in [3.8, 4) is 11.4 Å². The van der Waals surface area contributed by atoms with Gasteiger partial charge in [0.25, 0.3) is 0 Å². The molecule has 0 radical (unpaired) electrons. The van der Waals surface area contributed by atoms with Gasteiger partial charge >= 0.3 is 0 Å². The van der Waals surface area contributed by atoms with Crippen molar-refractivity contribution >= 4 is 0 Å². The molecule has 1 heterocycles. The van der Waals surface area contributed by atoms with Gasteiger partial charge in [0, 0.05) is 35.8 Å². The second-order valence-electron chi connectivity index (χ2n) is 10.9. The van der Waals surface area contributed by atoms with Gasteiger partial charge in [0.2, 0.25) is 0 Å². The third kappa shape index (κ3) is 5.83. The molecule has 0 fully saturated rings. The van der Waals surface area contributed by atoms with Crippen LogP contribution >= 0.6 is 0 Å².